The number of hydrogen-bond acceptors (Lipinski definition) is 5. The third kappa shape index (κ3) is 3.50. The van der Waals surface area contributed by atoms with E-state index in [4.69, 9.17) is 9.47 Å². The molecule has 1 aromatic heterocycles. The van der Waals surface area contributed by atoms with Crippen molar-refractivity contribution in [3.63, 3.8) is 0 Å². The lowest BCUT2D eigenvalue weighted by Gasteiger charge is -2.48. The highest BCUT2D eigenvalue weighted by atomic mass is 16.6. The first-order valence-corrected chi connectivity index (χ1v) is 8.94. The van der Waals surface area contributed by atoms with Crippen molar-refractivity contribution >= 4 is 5.91 Å². The van der Waals surface area contributed by atoms with E-state index in [1.807, 2.05) is 47.6 Å². The van der Waals surface area contributed by atoms with E-state index in [1.165, 1.54) is 0 Å². The predicted octanol–water partition coefficient (Wildman–Crippen LogP) is 1.61. The van der Waals surface area contributed by atoms with Gasteiger partial charge in [-0.25, -0.2) is 0 Å². The van der Waals surface area contributed by atoms with E-state index in [9.17, 15) is 4.79 Å². The fourth-order valence-electron chi connectivity index (χ4n) is 3.89. The Labute approximate surface area is 152 Å². The number of nitrogens with zero attached hydrogens (tertiary/aromatic N) is 4. The van der Waals surface area contributed by atoms with Crippen LogP contribution in [0.2, 0.25) is 0 Å². The highest BCUT2D eigenvalue weighted by molar-refractivity contribution is 5.79. The summed E-state index contributed by atoms with van der Waals surface area (Å²) in [6, 6.07) is 7.91. The van der Waals surface area contributed by atoms with E-state index in [1.54, 1.807) is 12.7 Å². The van der Waals surface area contributed by atoms with Crippen molar-refractivity contribution in [1.29, 1.82) is 0 Å². The van der Waals surface area contributed by atoms with E-state index < -0.39 is 0 Å². The minimum atomic E-state index is -0.361. The molecule has 1 spiro atoms. The molecular formula is C19H24N4O3. The molecule has 3 heterocycles. The molecule has 7 nitrogen and oxygen atoms in total. The second-order valence-corrected chi connectivity index (χ2v) is 7.81. The van der Waals surface area contributed by atoms with Gasteiger partial charge in [-0.15, -0.1) is 10.2 Å². The second-order valence-electron chi connectivity index (χ2n) is 7.81. The normalized spacial score (nSPS) is 24.9. The molecule has 0 radical (unpaired) electrons. The van der Waals surface area contributed by atoms with E-state index in [2.05, 4.69) is 10.2 Å². The van der Waals surface area contributed by atoms with Crippen molar-refractivity contribution in [2.45, 2.75) is 37.9 Å². The van der Waals surface area contributed by atoms with Crippen LogP contribution in [0.25, 0.3) is 5.69 Å². The van der Waals surface area contributed by atoms with Gasteiger partial charge in [0.2, 0.25) is 5.91 Å². The van der Waals surface area contributed by atoms with Gasteiger partial charge in [-0.1, -0.05) is 12.1 Å². The van der Waals surface area contributed by atoms with Crippen molar-refractivity contribution in [3.05, 3.63) is 42.5 Å². The van der Waals surface area contributed by atoms with Gasteiger partial charge in [0.15, 0.2) is 0 Å². The van der Waals surface area contributed by atoms with Gasteiger partial charge in [0.1, 0.15) is 18.3 Å². The zero-order valence-corrected chi connectivity index (χ0v) is 15.2. The molecule has 2 saturated heterocycles. The van der Waals surface area contributed by atoms with Gasteiger partial charge in [0.05, 0.1) is 25.2 Å². The summed E-state index contributed by atoms with van der Waals surface area (Å²) in [7, 11) is 0. The van der Waals surface area contributed by atoms with Crippen LogP contribution in [0.1, 0.15) is 25.8 Å². The molecule has 2 aliphatic rings. The Balaban J connectivity index is 1.45. The van der Waals surface area contributed by atoms with Gasteiger partial charge in [-0.3, -0.25) is 9.36 Å². The fourth-order valence-corrected chi connectivity index (χ4v) is 3.89. The van der Waals surface area contributed by atoms with Gasteiger partial charge in [-0.2, -0.15) is 0 Å². The van der Waals surface area contributed by atoms with Crippen LogP contribution in [0.15, 0.2) is 36.9 Å². The number of ether oxygens (including phenoxy) is 2. The molecule has 0 N–H and O–H groups in total. The molecule has 1 amide bonds. The minimum absolute atomic E-state index is 0.129. The Morgan fingerprint density at radius 2 is 1.88 bits per heavy atom. The average molecular weight is 356 g/mol. The van der Waals surface area contributed by atoms with Crippen LogP contribution < -0.4 is 0 Å². The molecule has 1 aromatic carbocycles. The number of benzene rings is 1. The zero-order chi connectivity index (χ0) is 18.2. The Morgan fingerprint density at radius 1 is 1.15 bits per heavy atom. The summed E-state index contributed by atoms with van der Waals surface area (Å²) in [4.78, 5) is 14.8. The largest absolute Gasteiger partial charge is 0.378 e. The minimum Gasteiger partial charge on any atom is -0.378 e. The quantitative estimate of drug-likeness (QED) is 0.836. The van der Waals surface area contributed by atoms with Crippen LogP contribution >= 0.6 is 0 Å². The fraction of sp³-hybridized carbons (Fsp3) is 0.526. The standard InChI is InChI=1S/C19H24N4O3/c1-18(2)10-22(11-19(26-18)7-8-25-12-19)17(24)9-15-3-5-16(6-4-15)23-13-20-21-14-23/h3-6,13-14H,7-12H2,1-2H3. The highest BCUT2D eigenvalue weighted by Crippen LogP contribution is 2.34. The molecule has 0 aliphatic carbocycles. The van der Waals surface area contributed by atoms with E-state index in [-0.39, 0.29) is 17.1 Å². The SMILES string of the molecule is CC1(C)CN(C(=O)Cc2ccc(-n3cnnc3)cc2)CC2(CCOC2)O1. The first-order chi connectivity index (χ1) is 12.4. The Hall–Kier alpha value is -2.25. The number of amides is 1. The molecule has 0 bridgehead atoms. The molecule has 2 fully saturated rings. The molecule has 7 heteroatoms. The lowest BCUT2D eigenvalue weighted by atomic mass is 9.94. The molecular weight excluding hydrogens is 332 g/mol. The maximum atomic E-state index is 12.9. The molecule has 2 aromatic rings. The predicted molar refractivity (Wildman–Crippen MR) is 95.0 cm³/mol. The summed E-state index contributed by atoms with van der Waals surface area (Å²) in [5.41, 5.74) is 1.25. The Morgan fingerprint density at radius 3 is 2.54 bits per heavy atom. The monoisotopic (exact) mass is 356 g/mol. The summed E-state index contributed by atoms with van der Waals surface area (Å²) in [6.45, 7) is 6.55. The van der Waals surface area contributed by atoms with Crippen LogP contribution in [0.3, 0.4) is 0 Å². The van der Waals surface area contributed by atoms with E-state index >= 15 is 0 Å². The van der Waals surface area contributed by atoms with Crippen LogP contribution in [-0.2, 0) is 20.7 Å². The van der Waals surface area contributed by atoms with Crippen LogP contribution in [-0.4, -0.2) is 63.1 Å². The van der Waals surface area contributed by atoms with Gasteiger partial charge in [0, 0.05) is 25.3 Å². The van der Waals surface area contributed by atoms with Crippen molar-refractivity contribution in [3.8, 4) is 5.69 Å². The topological polar surface area (TPSA) is 69.5 Å². The number of aromatic nitrogens is 3. The third-order valence-electron chi connectivity index (χ3n) is 4.97. The molecule has 26 heavy (non-hydrogen) atoms. The number of hydrogen-bond donors (Lipinski definition) is 0. The maximum Gasteiger partial charge on any atom is 0.227 e. The molecule has 138 valence electrons. The van der Waals surface area contributed by atoms with Crippen LogP contribution in [0.4, 0.5) is 0 Å². The first-order valence-electron chi connectivity index (χ1n) is 8.94. The zero-order valence-electron chi connectivity index (χ0n) is 15.2. The summed E-state index contributed by atoms with van der Waals surface area (Å²) in [5, 5.41) is 7.62. The Bertz CT molecular complexity index is 765. The molecule has 1 unspecified atom stereocenters. The van der Waals surface area contributed by atoms with Crippen LogP contribution in [0.5, 0.6) is 0 Å². The van der Waals surface area contributed by atoms with Crippen molar-refractivity contribution in [1.82, 2.24) is 19.7 Å². The number of carbonyl (C=O) groups is 1. The van der Waals surface area contributed by atoms with Gasteiger partial charge in [-0.05, 0) is 31.5 Å². The highest BCUT2D eigenvalue weighted by Gasteiger charge is 2.47. The number of rotatable bonds is 3. The summed E-state index contributed by atoms with van der Waals surface area (Å²) < 4.78 is 13.7. The Kier molecular flexibility index (Phi) is 4.28. The smallest absolute Gasteiger partial charge is 0.227 e. The van der Waals surface area contributed by atoms with Crippen LogP contribution in [0, 0.1) is 0 Å². The van der Waals surface area contributed by atoms with Crippen molar-refractivity contribution < 1.29 is 14.3 Å². The van der Waals surface area contributed by atoms with E-state index in [0.717, 1.165) is 17.7 Å². The van der Waals surface area contributed by atoms with Gasteiger partial charge >= 0.3 is 0 Å². The molecule has 0 saturated carbocycles. The molecule has 1 atom stereocenters. The summed E-state index contributed by atoms with van der Waals surface area (Å²) in [5.74, 6) is 0.129. The molecule has 2 aliphatic heterocycles. The van der Waals surface area contributed by atoms with Gasteiger partial charge in [0.25, 0.3) is 0 Å². The first kappa shape index (κ1) is 17.2. The molecule has 4 rings (SSSR count). The summed E-state index contributed by atoms with van der Waals surface area (Å²) in [6.07, 6.45) is 4.53. The van der Waals surface area contributed by atoms with Crippen molar-refractivity contribution in [2.75, 3.05) is 26.3 Å². The summed E-state index contributed by atoms with van der Waals surface area (Å²) >= 11 is 0. The third-order valence-corrected chi connectivity index (χ3v) is 4.97. The number of carbonyl (C=O) groups excluding carboxylic acids is 1. The average Bonchev–Trinajstić information content (AvgIpc) is 3.26. The lowest BCUT2D eigenvalue weighted by Crippen LogP contribution is -2.61. The van der Waals surface area contributed by atoms with E-state index in [0.29, 0.717) is 32.7 Å². The van der Waals surface area contributed by atoms with Gasteiger partial charge < -0.3 is 14.4 Å². The number of morpholine rings is 1. The maximum absolute atomic E-state index is 12.9. The second kappa shape index (κ2) is 6.48. The van der Waals surface area contributed by atoms with Crippen molar-refractivity contribution in [2.24, 2.45) is 0 Å². The lowest BCUT2D eigenvalue weighted by molar-refractivity contribution is -0.199.